The van der Waals surface area contributed by atoms with Crippen molar-refractivity contribution in [2.45, 2.75) is 38.9 Å². The molecule has 1 amide bonds. The Morgan fingerprint density at radius 3 is 2.41 bits per heavy atom. The largest absolute Gasteiger partial charge is 0.389 e. The number of hydrogen-bond acceptors (Lipinski definition) is 2. The molecule has 0 aromatic heterocycles. The summed E-state index contributed by atoms with van der Waals surface area (Å²) < 4.78 is 36.0. The first kappa shape index (κ1) is 14.3. The predicted molar refractivity (Wildman–Crippen MR) is 58.2 cm³/mol. The van der Waals surface area contributed by atoms with E-state index in [1.807, 2.05) is 13.8 Å². The summed E-state index contributed by atoms with van der Waals surface area (Å²) >= 11 is 0. The third-order valence-corrected chi connectivity index (χ3v) is 3.24. The molecule has 1 fully saturated rings. The van der Waals surface area contributed by atoms with Gasteiger partial charge in [-0.2, -0.15) is 13.2 Å². The van der Waals surface area contributed by atoms with Gasteiger partial charge in [-0.1, -0.05) is 13.8 Å². The Labute approximate surface area is 99.1 Å². The molecule has 0 aliphatic carbocycles. The Kier molecular flexibility index (Phi) is 4.41. The van der Waals surface area contributed by atoms with Gasteiger partial charge in [0, 0.05) is 25.6 Å². The van der Waals surface area contributed by atoms with E-state index in [4.69, 9.17) is 5.73 Å². The highest BCUT2D eigenvalue weighted by atomic mass is 19.4. The zero-order chi connectivity index (χ0) is 13.2. The van der Waals surface area contributed by atoms with Crippen LogP contribution in [0, 0.1) is 11.8 Å². The van der Waals surface area contributed by atoms with Gasteiger partial charge in [0.15, 0.2) is 0 Å². The number of alkyl halides is 3. The molecule has 2 atom stereocenters. The number of carbonyl (C=O) groups excluding carboxylic acids is 1. The van der Waals surface area contributed by atoms with E-state index in [-0.39, 0.29) is 12.0 Å². The lowest BCUT2D eigenvalue weighted by atomic mass is 9.92. The highest BCUT2D eigenvalue weighted by Crippen LogP contribution is 2.26. The number of halogens is 3. The summed E-state index contributed by atoms with van der Waals surface area (Å²) in [5, 5.41) is 0. The monoisotopic (exact) mass is 252 g/mol. The minimum atomic E-state index is -4.27. The molecule has 0 unspecified atom stereocenters. The number of amides is 1. The van der Waals surface area contributed by atoms with E-state index in [1.165, 1.54) is 4.90 Å². The van der Waals surface area contributed by atoms with Gasteiger partial charge in [-0.25, -0.2) is 0 Å². The average Bonchev–Trinajstić information content (AvgIpc) is 2.55. The van der Waals surface area contributed by atoms with Crippen LogP contribution in [0.4, 0.5) is 13.2 Å². The van der Waals surface area contributed by atoms with Crippen molar-refractivity contribution in [3.8, 4) is 0 Å². The second-order valence-electron chi connectivity index (χ2n) is 4.99. The number of likely N-dealkylation sites (tertiary alicyclic amines) is 1. The van der Waals surface area contributed by atoms with E-state index in [0.717, 1.165) is 0 Å². The van der Waals surface area contributed by atoms with Gasteiger partial charge >= 0.3 is 6.18 Å². The van der Waals surface area contributed by atoms with Crippen LogP contribution in [-0.2, 0) is 4.79 Å². The van der Waals surface area contributed by atoms with E-state index >= 15 is 0 Å². The van der Waals surface area contributed by atoms with Gasteiger partial charge in [0.05, 0.1) is 6.42 Å². The SMILES string of the molecule is CC(C)[C@@H]1CN(C(=O)CCC(F)(F)F)C[C@H]1N. The zero-order valence-corrected chi connectivity index (χ0v) is 10.1. The molecule has 2 N–H and O–H groups in total. The van der Waals surface area contributed by atoms with Gasteiger partial charge in [-0.05, 0) is 11.8 Å². The summed E-state index contributed by atoms with van der Waals surface area (Å²) in [5.41, 5.74) is 5.87. The van der Waals surface area contributed by atoms with Gasteiger partial charge in [0.25, 0.3) is 0 Å². The molecule has 0 bridgehead atoms. The first-order valence-electron chi connectivity index (χ1n) is 5.81. The highest BCUT2D eigenvalue weighted by Gasteiger charge is 2.36. The second kappa shape index (κ2) is 5.25. The first-order valence-corrected chi connectivity index (χ1v) is 5.81. The fraction of sp³-hybridized carbons (Fsp3) is 0.909. The Morgan fingerprint density at radius 1 is 1.41 bits per heavy atom. The summed E-state index contributed by atoms with van der Waals surface area (Å²) in [6.45, 7) is 4.87. The van der Waals surface area contributed by atoms with E-state index < -0.39 is 24.9 Å². The zero-order valence-electron chi connectivity index (χ0n) is 10.1. The summed E-state index contributed by atoms with van der Waals surface area (Å²) in [5.74, 6) is 0.0798. The van der Waals surface area contributed by atoms with Crippen LogP contribution < -0.4 is 5.73 Å². The normalized spacial score (nSPS) is 25.7. The molecule has 1 aliphatic heterocycles. The Bertz CT molecular complexity index is 278. The molecule has 0 spiro atoms. The van der Waals surface area contributed by atoms with Crippen molar-refractivity contribution in [3.63, 3.8) is 0 Å². The minimum absolute atomic E-state index is 0.121. The summed E-state index contributed by atoms with van der Waals surface area (Å²) in [7, 11) is 0. The lowest BCUT2D eigenvalue weighted by molar-refractivity contribution is -0.148. The van der Waals surface area contributed by atoms with Crippen molar-refractivity contribution in [2.75, 3.05) is 13.1 Å². The number of carbonyl (C=O) groups is 1. The highest BCUT2D eigenvalue weighted by molar-refractivity contribution is 5.76. The lowest BCUT2D eigenvalue weighted by Crippen LogP contribution is -2.33. The molecule has 6 heteroatoms. The smallest absolute Gasteiger partial charge is 0.341 e. The topological polar surface area (TPSA) is 46.3 Å². The Hall–Kier alpha value is -0.780. The standard InChI is InChI=1S/C11H19F3N2O/c1-7(2)8-5-16(6-9(8)15)10(17)3-4-11(12,13)14/h7-9H,3-6,15H2,1-2H3/t8-,9+/m0/s1. The van der Waals surface area contributed by atoms with E-state index in [1.54, 1.807) is 0 Å². The molecule has 17 heavy (non-hydrogen) atoms. The van der Waals surface area contributed by atoms with Crippen LogP contribution in [0.5, 0.6) is 0 Å². The van der Waals surface area contributed by atoms with Crippen molar-refractivity contribution < 1.29 is 18.0 Å². The molecule has 1 heterocycles. The van der Waals surface area contributed by atoms with Crippen molar-refractivity contribution >= 4 is 5.91 Å². The number of nitrogens with zero attached hydrogens (tertiary/aromatic N) is 1. The second-order valence-corrected chi connectivity index (χ2v) is 4.99. The molecule has 1 aliphatic rings. The molecule has 0 saturated carbocycles. The van der Waals surface area contributed by atoms with Crippen LogP contribution in [0.1, 0.15) is 26.7 Å². The molecule has 1 rings (SSSR count). The fourth-order valence-electron chi connectivity index (χ4n) is 2.17. The molecule has 0 aromatic carbocycles. The van der Waals surface area contributed by atoms with Crippen LogP contribution in [-0.4, -0.2) is 36.1 Å². The molecule has 1 saturated heterocycles. The van der Waals surface area contributed by atoms with Crippen LogP contribution in [0.25, 0.3) is 0 Å². The minimum Gasteiger partial charge on any atom is -0.341 e. The maximum Gasteiger partial charge on any atom is 0.389 e. The maximum absolute atomic E-state index is 12.0. The third-order valence-electron chi connectivity index (χ3n) is 3.24. The number of rotatable bonds is 3. The van der Waals surface area contributed by atoms with Gasteiger partial charge < -0.3 is 10.6 Å². The molecular formula is C11H19F3N2O. The van der Waals surface area contributed by atoms with Gasteiger partial charge in [-0.3, -0.25) is 4.79 Å². The molecular weight excluding hydrogens is 233 g/mol. The number of hydrogen-bond donors (Lipinski definition) is 1. The van der Waals surface area contributed by atoms with Gasteiger partial charge in [0.2, 0.25) is 5.91 Å². The first-order chi connectivity index (χ1) is 7.70. The van der Waals surface area contributed by atoms with Crippen LogP contribution in [0.15, 0.2) is 0 Å². The lowest BCUT2D eigenvalue weighted by Gasteiger charge is -2.18. The molecule has 3 nitrogen and oxygen atoms in total. The van der Waals surface area contributed by atoms with Crippen molar-refractivity contribution in [3.05, 3.63) is 0 Å². The number of nitrogens with two attached hydrogens (primary N) is 1. The van der Waals surface area contributed by atoms with Crippen molar-refractivity contribution in [1.82, 2.24) is 4.90 Å². The summed E-state index contributed by atoms with van der Waals surface area (Å²) in [6.07, 6.45) is -5.79. The Balaban J connectivity index is 2.45. The van der Waals surface area contributed by atoms with Crippen molar-refractivity contribution in [2.24, 2.45) is 17.6 Å². The predicted octanol–water partition coefficient (Wildman–Crippen LogP) is 1.77. The molecule has 0 radical (unpaired) electrons. The van der Waals surface area contributed by atoms with Crippen LogP contribution >= 0.6 is 0 Å². The third kappa shape index (κ3) is 4.18. The Morgan fingerprint density at radius 2 is 2.00 bits per heavy atom. The van der Waals surface area contributed by atoms with E-state index in [0.29, 0.717) is 19.0 Å². The van der Waals surface area contributed by atoms with Gasteiger partial charge in [0.1, 0.15) is 0 Å². The van der Waals surface area contributed by atoms with E-state index in [9.17, 15) is 18.0 Å². The fourth-order valence-corrected chi connectivity index (χ4v) is 2.17. The van der Waals surface area contributed by atoms with Crippen LogP contribution in [0.2, 0.25) is 0 Å². The average molecular weight is 252 g/mol. The summed E-state index contributed by atoms with van der Waals surface area (Å²) in [6, 6.07) is -0.121. The van der Waals surface area contributed by atoms with Crippen LogP contribution in [0.3, 0.4) is 0 Å². The van der Waals surface area contributed by atoms with Crippen molar-refractivity contribution in [1.29, 1.82) is 0 Å². The quantitative estimate of drug-likeness (QED) is 0.832. The summed E-state index contributed by atoms with van der Waals surface area (Å²) in [4.78, 5) is 13.0. The molecule has 100 valence electrons. The molecule has 0 aromatic rings. The maximum atomic E-state index is 12.0. The van der Waals surface area contributed by atoms with Gasteiger partial charge in [-0.15, -0.1) is 0 Å². The van der Waals surface area contributed by atoms with E-state index in [2.05, 4.69) is 0 Å².